The summed E-state index contributed by atoms with van der Waals surface area (Å²) in [5.41, 5.74) is 2.39. The van der Waals surface area contributed by atoms with Crippen molar-refractivity contribution >= 4 is 32.5 Å². The molecule has 0 spiro atoms. The highest BCUT2D eigenvalue weighted by molar-refractivity contribution is 9.10. The van der Waals surface area contributed by atoms with Gasteiger partial charge in [0.05, 0.1) is 0 Å². The molecule has 3 aromatic rings. The first-order valence-electron chi connectivity index (χ1n) is 9.23. The minimum atomic E-state index is 0.222. The highest BCUT2D eigenvalue weighted by Crippen LogP contribution is 2.38. The number of piperidine rings is 1. The SMILES string of the molecule is Cc1ccc(-c2nnc(N[C@@H]3CCCN(C)C3)c3c(Br)cccc23)c(O)c1. The maximum atomic E-state index is 10.4. The number of nitrogens with one attached hydrogen (secondary N) is 1. The number of likely N-dealkylation sites (tertiary alicyclic amines) is 1. The largest absolute Gasteiger partial charge is 0.507 e. The Hall–Kier alpha value is -2.18. The Balaban J connectivity index is 1.81. The summed E-state index contributed by atoms with van der Waals surface area (Å²) in [5.74, 6) is 1.01. The van der Waals surface area contributed by atoms with Crippen LogP contribution in [0.2, 0.25) is 0 Å². The summed E-state index contributed by atoms with van der Waals surface area (Å²) in [4.78, 5) is 2.34. The predicted octanol–water partition coefficient (Wildman–Crippen LogP) is 4.58. The number of hydrogen-bond donors (Lipinski definition) is 2. The number of benzene rings is 2. The summed E-state index contributed by atoms with van der Waals surface area (Å²) >= 11 is 3.68. The lowest BCUT2D eigenvalue weighted by Crippen LogP contribution is -2.40. The van der Waals surface area contributed by atoms with Crippen LogP contribution in [0, 0.1) is 6.92 Å². The molecule has 1 atom stereocenters. The highest BCUT2D eigenvalue weighted by atomic mass is 79.9. The van der Waals surface area contributed by atoms with Crippen molar-refractivity contribution in [1.82, 2.24) is 15.1 Å². The van der Waals surface area contributed by atoms with Crippen LogP contribution in [-0.2, 0) is 0 Å². The molecule has 6 heteroatoms. The minimum Gasteiger partial charge on any atom is -0.507 e. The standard InChI is InChI=1S/C21H23BrN4O/c1-13-8-9-15(18(27)11-13)20-16-6-3-7-17(22)19(16)21(25-24-20)23-14-5-4-10-26(2)12-14/h3,6-9,11,14,27H,4-5,10,12H2,1-2H3,(H,23,25)/t14-/m1/s1. The fraction of sp³-hybridized carbons (Fsp3) is 0.333. The van der Waals surface area contributed by atoms with Gasteiger partial charge in [-0.15, -0.1) is 10.2 Å². The van der Waals surface area contributed by atoms with Crippen LogP contribution in [0.1, 0.15) is 18.4 Å². The molecule has 0 bridgehead atoms. The van der Waals surface area contributed by atoms with Crippen LogP contribution >= 0.6 is 15.9 Å². The molecule has 0 amide bonds. The van der Waals surface area contributed by atoms with Gasteiger partial charge in [0, 0.05) is 33.4 Å². The van der Waals surface area contributed by atoms with Crippen LogP contribution in [-0.4, -0.2) is 46.4 Å². The van der Waals surface area contributed by atoms with Gasteiger partial charge in [0.15, 0.2) is 5.82 Å². The molecular formula is C21H23BrN4O. The molecule has 5 nitrogen and oxygen atoms in total. The molecule has 2 aromatic carbocycles. The number of nitrogens with zero attached hydrogens (tertiary/aromatic N) is 3. The smallest absolute Gasteiger partial charge is 0.158 e. The topological polar surface area (TPSA) is 61.3 Å². The third-order valence-electron chi connectivity index (χ3n) is 5.13. The first-order valence-corrected chi connectivity index (χ1v) is 10.0. The molecule has 27 heavy (non-hydrogen) atoms. The zero-order valence-corrected chi connectivity index (χ0v) is 17.1. The van der Waals surface area contributed by atoms with E-state index in [9.17, 15) is 5.11 Å². The zero-order valence-electron chi connectivity index (χ0n) is 15.5. The Morgan fingerprint density at radius 1 is 1.22 bits per heavy atom. The summed E-state index contributed by atoms with van der Waals surface area (Å²) in [5, 5.41) is 25.0. The molecule has 0 aliphatic carbocycles. The van der Waals surface area contributed by atoms with Crippen LogP contribution in [0.25, 0.3) is 22.0 Å². The van der Waals surface area contributed by atoms with Gasteiger partial charge in [-0.1, -0.05) is 34.1 Å². The van der Waals surface area contributed by atoms with Crippen molar-refractivity contribution in [2.75, 3.05) is 25.5 Å². The van der Waals surface area contributed by atoms with Gasteiger partial charge >= 0.3 is 0 Å². The number of phenolic OH excluding ortho intramolecular Hbond substituents is 1. The molecule has 1 fully saturated rings. The van der Waals surface area contributed by atoms with Gasteiger partial charge in [0.2, 0.25) is 0 Å². The van der Waals surface area contributed by atoms with Crippen molar-refractivity contribution in [3.05, 3.63) is 46.4 Å². The van der Waals surface area contributed by atoms with Crippen molar-refractivity contribution in [3.63, 3.8) is 0 Å². The quantitative estimate of drug-likeness (QED) is 0.641. The predicted molar refractivity (Wildman–Crippen MR) is 113 cm³/mol. The van der Waals surface area contributed by atoms with E-state index in [1.807, 2.05) is 37.3 Å². The lowest BCUT2D eigenvalue weighted by Gasteiger charge is -2.30. The molecule has 1 saturated heterocycles. The van der Waals surface area contributed by atoms with Crippen LogP contribution in [0.3, 0.4) is 0 Å². The number of aromatic hydroxyl groups is 1. The first-order chi connectivity index (χ1) is 13.0. The molecule has 1 aromatic heterocycles. The average Bonchev–Trinajstić information content (AvgIpc) is 2.63. The summed E-state index contributed by atoms with van der Waals surface area (Å²) < 4.78 is 0.967. The van der Waals surface area contributed by atoms with Gasteiger partial charge in [0.25, 0.3) is 0 Å². The van der Waals surface area contributed by atoms with Gasteiger partial charge in [-0.25, -0.2) is 0 Å². The molecular weight excluding hydrogens is 404 g/mol. The van der Waals surface area contributed by atoms with E-state index in [0.717, 1.165) is 46.1 Å². The van der Waals surface area contributed by atoms with E-state index in [-0.39, 0.29) is 5.75 Å². The number of hydrogen-bond acceptors (Lipinski definition) is 5. The van der Waals surface area contributed by atoms with Crippen molar-refractivity contribution in [3.8, 4) is 17.0 Å². The van der Waals surface area contributed by atoms with E-state index >= 15 is 0 Å². The Kier molecular flexibility index (Phi) is 5.02. The van der Waals surface area contributed by atoms with Crippen molar-refractivity contribution < 1.29 is 5.11 Å². The summed E-state index contributed by atoms with van der Waals surface area (Å²) in [6, 6.07) is 12.0. The normalized spacial score (nSPS) is 18.0. The fourth-order valence-corrected chi connectivity index (χ4v) is 4.34. The molecule has 4 rings (SSSR count). The number of likely N-dealkylation sites (N-methyl/N-ethyl adjacent to an activating group) is 1. The summed E-state index contributed by atoms with van der Waals surface area (Å²) in [6.45, 7) is 4.09. The number of halogens is 1. The Bertz CT molecular complexity index is 991. The van der Waals surface area contributed by atoms with Gasteiger partial charge in [-0.3, -0.25) is 0 Å². The number of aryl methyl sites for hydroxylation is 1. The van der Waals surface area contributed by atoms with Crippen LogP contribution < -0.4 is 5.32 Å². The van der Waals surface area contributed by atoms with E-state index in [1.165, 1.54) is 6.42 Å². The van der Waals surface area contributed by atoms with Gasteiger partial charge < -0.3 is 15.3 Å². The molecule has 1 aliphatic rings. The van der Waals surface area contributed by atoms with Crippen LogP contribution in [0.5, 0.6) is 5.75 Å². The van der Waals surface area contributed by atoms with Gasteiger partial charge in [-0.05, 0) is 57.1 Å². The fourth-order valence-electron chi connectivity index (χ4n) is 3.79. The summed E-state index contributed by atoms with van der Waals surface area (Å²) in [6.07, 6.45) is 2.30. The highest BCUT2D eigenvalue weighted by Gasteiger charge is 2.21. The number of rotatable bonds is 3. The molecule has 0 radical (unpaired) electrons. The van der Waals surface area contributed by atoms with Crippen LogP contribution in [0.15, 0.2) is 40.9 Å². The molecule has 2 heterocycles. The zero-order chi connectivity index (χ0) is 19.0. The Morgan fingerprint density at radius 2 is 2.07 bits per heavy atom. The molecule has 0 unspecified atom stereocenters. The third kappa shape index (κ3) is 3.64. The number of anilines is 1. The van der Waals surface area contributed by atoms with E-state index < -0.39 is 0 Å². The Labute approximate surface area is 167 Å². The molecule has 140 valence electrons. The summed E-state index contributed by atoms with van der Waals surface area (Å²) in [7, 11) is 2.15. The second kappa shape index (κ2) is 7.44. The van der Waals surface area contributed by atoms with Crippen molar-refractivity contribution in [1.29, 1.82) is 0 Å². The van der Waals surface area contributed by atoms with E-state index in [0.29, 0.717) is 17.3 Å². The maximum absolute atomic E-state index is 10.4. The minimum absolute atomic E-state index is 0.222. The van der Waals surface area contributed by atoms with E-state index in [4.69, 9.17) is 0 Å². The number of phenols is 1. The van der Waals surface area contributed by atoms with E-state index in [2.05, 4.69) is 43.4 Å². The lowest BCUT2D eigenvalue weighted by atomic mass is 10.0. The number of fused-ring (bicyclic) bond motifs is 1. The lowest BCUT2D eigenvalue weighted by molar-refractivity contribution is 0.261. The first kappa shape index (κ1) is 18.2. The molecule has 1 aliphatic heterocycles. The second-order valence-corrected chi connectivity index (χ2v) is 8.18. The third-order valence-corrected chi connectivity index (χ3v) is 5.79. The monoisotopic (exact) mass is 426 g/mol. The van der Waals surface area contributed by atoms with Crippen LogP contribution in [0.4, 0.5) is 5.82 Å². The van der Waals surface area contributed by atoms with Crippen molar-refractivity contribution in [2.24, 2.45) is 0 Å². The molecule has 2 N–H and O–H groups in total. The van der Waals surface area contributed by atoms with E-state index in [1.54, 1.807) is 6.07 Å². The maximum Gasteiger partial charge on any atom is 0.158 e. The van der Waals surface area contributed by atoms with Crippen molar-refractivity contribution in [2.45, 2.75) is 25.8 Å². The Morgan fingerprint density at radius 3 is 2.85 bits per heavy atom. The second-order valence-electron chi connectivity index (χ2n) is 7.33. The average molecular weight is 427 g/mol. The molecule has 0 saturated carbocycles. The number of aromatic nitrogens is 2. The van der Waals surface area contributed by atoms with Gasteiger partial charge in [0.1, 0.15) is 11.4 Å². The van der Waals surface area contributed by atoms with Gasteiger partial charge in [-0.2, -0.15) is 0 Å².